The van der Waals surface area contributed by atoms with E-state index in [-0.39, 0.29) is 17.3 Å². The average molecular weight is 186 g/mol. The normalized spacial score (nSPS) is 35.3. The second kappa shape index (κ2) is 3.58. The van der Waals surface area contributed by atoms with Crippen LogP contribution in [-0.4, -0.2) is 18.5 Å². The zero-order valence-electron chi connectivity index (χ0n) is 9.52. The van der Waals surface area contributed by atoms with Gasteiger partial charge in [-0.2, -0.15) is 0 Å². The number of rotatable bonds is 3. The summed E-state index contributed by atoms with van der Waals surface area (Å²) in [6.07, 6.45) is 2.25. The fraction of sp³-hybridized carbons (Fsp3) is 1.00. The molecule has 0 aliphatic carbocycles. The molecular formula is C11H22O2. The predicted molar refractivity (Wildman–Crippen MR) is 53.6 cm³/mol. The van der Waals surface area contributed by atoms with Crippen LogP contribution in [0.2, 0.25) is 0 Å². The molecule has 13 heavy (non-hydrogen) atoms. The van der Waals surface area contributed by atoms with Gasteiger partial charge in [-0.05, 0) is 19.8 Å². The molecule has 0 N–H and O–H groups in total. The molecule has 1 heterocycles. The highest BCUT2D eigenvalue weighted by Crippen LogP contribution is 2.44. The van der Waals surface area contributed by atoms with E-state index in [1.807, 2.05) is 0 Å². The Hall–Kier alpha value is -0.0800. The van der Waals surface area contributed by atoms with Gasteiger partial charge in [-0.25, -0.2) is 0 Å². The van der Waals surface area contributed by atoms with Crippen LogP contribution in [0.15, 0.2) is 0 Å². The maximum absolute atomic E-state index is 5.93. The van der Waals surface area contributed by atoms with Crippen LogP contribution in [0.4, 0.5) is 0 Å². The molecule has 0 aromatic rings. The smallest absolute Gasteiger partial charge is 0.173 e. The first-order chi connectivity index (χ1) is 5.97. The minimum absolute atomic E-state index is 0.104. The van der Waals surface area contributed by atoms with Crippen LogP contribution in [0.3, 0.4) is 0 Å². The van der Waals surface area contributed by atoms with E-state index in [2.05, 4.69) is 34.6 Å². The molecule has 0 bridgehead atoms. The highest BCUT2D eigenvalue weighted by Gasteiger charge is 2.49. The lowest BCUT2D eigenvalue weighted by Crippen LogP contribution is -2.45. The summed E-state index contributed by atoms with van der Waals surface area (Å²) in [6, 6.07) is 0. The summed E-state index contributed by atoms with van der Waals surface area (Å²) in [4.78, 5) is 0. The maximum atomic E-state index is 5.93. The van der Waals surface area contributed by atoms with E-state index in [1.165, 1.54) is 0 Å². The van der Waals surface area contributed by atoms with Gasteiger partial charge in [-0.1, -0.05) is 27.7 Å². The van der Waals surface area contributed by atoms with Gasteiger partial charge in [0.05, 0.1) is 12.7 Å². The van der Waals surface area contributed by atoms with Crippen LogP contribution in [0.1, 0.15) is 47.5 Å². The fourth-order valence-electron chi connectivity index (χ4n) is 1.93. The third-order valence-electron chi connectivity index (χ3n) is 3.32. The molecule has 2 atom stereocenters. The van der Waals surface area contributed by atoms with Gasteiger partial charge < -0.3 is 9.47 Å². The molecule has 0 amide bonds. The Labute approximate surface area is 81.6 Å². The summed E-state index contributed by atoms with van der Waals surface area (Å²) in [5.41, 5.74) is 0.104. The lowest BCUT2D eigenvalue weighted by atomic mass is 9.79. The van der Waals surface area contributed by atoms with Gasteiger partial charge >= 0.3 is 0 Å². The van der Waals surface area contributed by atoms with E-state index in [0.717, 1.165) is 19.4 Å². The molecule has 0 radical (unpaired) electrons. The Morgan fingerprint density at radius 1 is 1.38 bits per heavy atom. The highest BCUT2D eigenvalue weighted by atomic mass is 16.7. The van der Waals surface area contributed by atoms with Gasteiger partial charge in [-0.3, -0.25) is 0 Å². The Balaban J connectivity index is 2.82. The quantitative estimate of drug-likeness (QED) is 0.674. The van der Waals surface area contributed by atoms with Crippen LogP contribution in [0.25, 0.3) is 0 Å². The molecule has 2 heteroatoms. The Morgan fingerprint density at radius 3 is 2.31 bits per heavy atom. The van der Waals surface area contributed by atoms with Crippen molar-refractivity contribution in [2.45, 2.75) is 59.4 Å². The van der Waals surface area contributed by atoms with E-state index in [9.17, 15) is 0 Å². The third kappa shape index (κ3) is 1.75. The predicted octanol–water partition coefficient (Wildman–Crippen LogP) is 2.96. The Bertz CT molecular complexity index is 177. The number of ether oxygens (including phenoxy) is 2. The van der Waals surface area contributed by atoms with Crippen LogP contribution in [0.5, 0.6) is 0 Å². The molecule has 1 rings (SSSR count). The molecule has 0 aromatic carbocycles. The molecule has 2 unspecified atom stereocenters. The molecule has 1 saturated heterocycles. The Morgan fingerprint density at radius 2 is 2.00 bits per heavy atom. The largest absolute Gasteiger partial charge is 0.347 e. The first-order valence-corrected chi connectivity index (χ1v) is 5.29. The van der Waals surface area contributed by atoms with Crippen molar-refractivity contribution in [2.24, 2.45) is 5.41 Å². The van der Waals surface area contributed by atoms with Crippen LogP contribution < -0.4 is 0 Å². The molecule has 0 saturated carbocycles. The molecule has 0 aromatic heterocycles. The van der Waals surface area contributed by atoms with Crippen molar-refractivity contribution < 1.29 is 9.47 Å². The second-order valence-corrected chi connectivity index (χ2v) is 4.58. The van der Waals surface area contributed by atoms with Crippen LogP contribution in [-0.2, 0) is 9.47 Å². The van der Waals surface area contributed by atoms with E-state index >= 15 is 0 Å². The zero-order chi connectivity index (χ0) is 10.1. The Kier molecular flexibility index (Phi) is 3.03. The molecule has 0 spiro atoms. The molecular weight excluding hydrogens is 164 g/mol. The van der Waals surface area contributed by atoms with Crippen LogP contribution >= 0.6 is 0 Å². The SMILES string of the molecule is CCC(C)(C)C1(CC)OCC(C)O1. The summed E-state index contributed by atoms with van der Waals surface area (Å²) in [6.45, 7) is 11.6. The van der Waals surface area contributed by atoms with Crippen molar-refractivity contribution in [2.75, 3.05) is 6.61 Å². The van der Waals surface area contributed by atoms with E-state index in [0.29, 0.717) is 0 Å². The van der Waals surface area contributed by atoms with E-state index < -0.39 is 0 Å². The monoisotopic (exact) mass is 186 g/mol. The van der Waals surface area contributed by atoms with Crippen LogP contribution in [0, 0.1) is 5.41 Å². The van der Waals surface area contributed by atoms with Gasteiger partial charge in [0.1, 0.15) is 0 Å². The van der Waals surface area contributed by atoms with Gasteiger partial charge in [0, 0.05) is 5.41 Å². The summed E-state index contributed by atoms with van der Waals surface area (Å²) in [5.74, 6) is -0.346. The third-order valence-corrected chi connectivity index (χ3v) is 3.32. The van der Waals surface area contributed by atoms with Crippen molar-refractivity contribution in [3.63, 3.8) is 0 Å². The molecule has 1 aliphatic rings. The second-order valence-electron chi connectivity index (χ2n) is 4.58. The molecule has 78 valence electrons. The zero-order valence-corrected chi connectivity index (χ0v) is 9.52. The summed E-state index contributed by atoms with van der Waals surface area (Å²) >= 11 is 0. The van der Waals surface area contributed by atoms with Gasteiger partial charge in [0.25, 0.3) is 0 Å². The van der Waals surface area contributed by atoms with E-state index in [1.54, 1.807) is 0 Å². The minimum atomic E-state index is -0.346. The summed E-state index contributed by atoms with van der Waals surface area (Å²) in [7, 11) is 0. The molecule has 1 fully saturated rings. The van der Waals surface area contributed by atoms with Gasteiger partial charge in [0.2, 0.25) is 0 Å². The number of hydrogen-bond acceptors (Lipinski definition) is 2. The minimum Gasteiger partial charge on any atom is -0.347 e. The fourth-order valence-corrected chi connectivity index (χ4v) is 1.93. The first kappa shape index (κ1) is 11.0. The molecule has 1 aliphatic heterocycles. The standard InChI is InChI=1S/C11H22O2/c1-6-10(4,5)11(7-2)12-8-9(3)13-11/h9H,6-8H2,1-5H3. The summed E-state index contributed by atoms with van der Waals surface area (Å²) in [5, 5.41) is 0. The lowest BCUT2D eigenvalue weighted by molar-refractivity contribution is -0.237. The van der Waals surface area contributed by atoms with Crippen molar-refractivity contribution >= 4 is 0 Å². The number of hydrogen-bond donors (Lipinski definition) is 0. The van der Waals surface area contributed by atoms with Crippen molar-refractivity contribution in [1.29, 1.82) is 0 Å². The van der Waals surface area contributed by atoms with Gasteiger partial charge in [-0.15, -0.1) is 0 Å². The summed E-state index contributed by atoms with van der Waals surface area (Å²) < 4.78 is 11.8. The lowest BCUT2D eigenvalue weighted by Gasteiger charge is -2.41. The maximum Gasteiger partial charge on any atom is 0.173 e. The van der Waals surface area contributed by atoms with E-state index in [4.69, 9.17) is 9.47 Å². The van der Waals surface area contributed by atoms with Crippen molar-refractivity contribution in [3.8, 4) is 0 Å². The van der Waals surface area contributed by atoms with Crippen molar-refractivity contribution in [1.82, 2.24) is 0 Å². The molecule has 2 nitrogen and oxygen atoms in total. The van der Waals surface area contributed by atoms with Crippen molar-refractivity contribution in [3.05, 3.63) is 0 Å². The first-order valence-electron chi connectivity index (χ1n) is 5.29. The average Bonchev–Trinajstić information content (AvgIpc) is 2.49. The van der Waals surface area contributed by atoms with Gasteiger partial charge in [0.15, 0.2) is 5.79 Å². The topological polar surface area (TPSA) is 18.5 Å². The highest BCUT2D eigenvalue weighted by molar-refractivity contribution is 4.89.